The van der Waals surface area contributed by atoms with Gasteiger partial charge >= 0.3 is 17.9 Å². The molecule has 0 aromatic heterocycles. The highest BCUT2D eigenvalue weighted by molar-refractivity contribution is 5.87. The lowest BCUT2D eigenvalue weighted by Crippen LogP contribution is -2.09. The highest BCUT2D eigenvalue weighted by Gasteiger charge is 2.07. The summed E-state index contributed by atoms with van der Waals surface area (Å²) >= 11 is 0. The highest BCUT2D eigenvalue weighted by atomic mass is 17.2. The van der Waals surface area contributed by atoms with Crippen molar-refractivity contribution in [2.45, 2.75) is 41.0 Å². The summed E-state index contributed by atoms with van der Waals surface area (Å²) in [5, 5.41) is 0. The van der Waals surface area contributed by atoms with Gasteiger partial charge in [-0.05, 0) is 20.3 Å². The molecule has 0 aromatic carbocycles. The van der Waals surface area contributed by atoms with Crippen molar-refractivity contribution in [2.75, 3.05) is 0 Å². The zero-order valence-electron chi connectivity index (χ0n) is 13.0. The molecule has 7 heteroatoms. The Bertz CT molecular complexity index is 370. The first kappa shape index (κ1) is 23.6. The van der Waals surface area contributed by atoms with Crippen LogP contribution in [0.25, 0.3) is 0 Å². The molecule has 7 nitrogen and oxygen atoms in total. The fourth-order valence-electron chi connectivity index (χ4n) is 0.669. The second-order valence-corrected chi connectivity index (χ2v) is 3.25. The van der Waals surface area contributed by atoms with Crippen LogP contribution in [0.15, 0.2) is 24.5 Å². The van der Waals surface area contributed by atoms with Crippen LogP contribution in [0.1, 0.15) is 41.0 Å². The molecule has 0 aromatic rings. The summed E-state index contributed by atoms with van der Waals surface area (Å²) in [6.45, 7) is 10.6. The highest BCUT2D eigenvalue weighted by Crippen LogP contribution is 1.98. The van der Waals surface area contributed by atoms with Gasteiger partial charge in [0.25, 0.3) is 0 Å². The summed E-state index contributed by atoms with van der Waals surface area (Å²) < 4.78 is 4.17. The summed E-state index contributed by atoms with van der Waals surface area (Å²) in [6, 6.07) is 0. The van der Waals surface area contributed by atoms with Gasteiger partial charge in [-0.2, -0.15) is 0 Å². The van der Waals surface area contributed by atoms with Gasteiger partial charge in [-0.25, -0.2) is 19.4 Å². The zero-order valence-corrected chi connectivity index (χ0v) is 13.0. The first-order valence-corrected chi connectivity index (χ1v) is 6.00. The number of hydrogen-bond acceptors (Lipinski definition) is 7. The van der Waals surface area contributed by atoms with Crippen LogP contribution in [-0.2, 0) is 33.7 Å². The first-order chi connectivity index (χ1) is 9.76. The van der Waals surface area contributed by atoms with Gasteiger partial charge in [0.05, 0.1) is 6.26 Å². The van der Waals surface area contributed by atoms with Gasteiger partial charge in [0.15, 0.2) is 0 Å². The van der Waals surface area contributed by atoms with Crippen LogP contribution < -0.4 is 0 Å². The predicted molar refractivity (Wildman–Crippen MR) is 75.6 cm³/mol. The Morgan fingerprint density at radius 2 is 1.52 bits per heavy atom. The van der Waals surface area contributed by atoms with Crippen LogP contribution in [-0.4, -0.2) is 24.2 Å². The molecule has 0 spiro atoms. The molecule has 0 bridgehead atoms. The third kappa shape index (κ3) is 27.0. The van der Waals surface area contributed by atoms with Crippen molar-refractivity contribution >= 4 is 24.2 Å². The fraction of sp³-hybridized carbons (Fsp3) is 0.429. The molecule has 21 heavy (non-hydrogen) atoms. The Hall–Kier alpha value is -2.44. The van der Waals surface area contributed by atoms with Crippen molar-refractivity contribution in [3.63, 3.8) is 0 Å². The van der Waals surface area contributed by atoms with E-state index in [4.69, 9.17) is 4.79 Å². The monoisotopic (exact) mass is 302 g/mol. The molecular weight excluding hydrogens is 280 g/mol. The lowest BCUT2D eigenvalue weighted by Gasteiger charge is -1.99. The van der Waals surface area contributed by atoms with Gasteiger partial charge in [0.2, 0.25) is 0 Å². The van der Waals surface area contributed by atoms with E-state index >= 15 is 0 Å². The number of carbonyl (C=O) groups excluding carboxylic acids is 4. The second-order valence-electron chi connectivity index (χ2n) is 3.25. The third-order valence-corrected chi connectivity index (χ3v) is 1.32. The Morgan fingerprint density at radius 3 is 1.76 bits per heavy atom. The smallest absolute Gasteiger partial charge is 0.381 e. The first-order valence-electron chi connectivity index (χ1n) is 6.00. The van der Waals surface area contributed by atoms with Gasteiger partial charge in [0, 0.05) is 19.4 Å². The normalized spacial score (nSPS) is 8.71. The predicted octanol–water partition coefficient (Wildman–Crippen LogP) is 2.26. The van der Waals surface area contributed by atoms with E-state index in [-0.39, 0.29) is 5.97 Å². The maximum absolute atomic E-state index is 10.9. The number of hydrogen-bond donors (Lipinski definition) is 0. The van der Waals surface area contributed by atoms with Crippen molar-refractivity contribution in [2.24, 2.45) is 0 Å². The number of ether oxygens (including phenoxy) is 1. The summed E-state index contributed by atoms with van der Waals surface area (Å²) in [5.74, 6) is -1.61. The zero-order chi connectivity index (χ0) is 17.3. The van der Waals surface area contributed by atoms with Crippen molar-refractivity contribution < 1.29 is 33.7 Å². The summed E-state index contributed by atoms with van der Waals surface area (Å²) in [5.41, 5.74) is 0.429. The fourth-order valence-corrected chi connectivity index (χ4v) is 0.669. The molecule has 0 aliphatic heterocycles. The molecule has 0 fully saturated rings. The van der Waals surface area contributed by atoms with E-state index < -0.39 is 11.9 Å². The van der Waals surface area contributed by atoms with Crippen molar-refractivity contribution in [3.8, 4) is 0 Å². The van der Waals surface area contributed by atoms with E-state index in [1.165, 1.54) is 13.8 Å². The lowest BCUT2D eigenvalue weighted by atomic mass is 10.2. The van der Waals surface area contributed by atoms with Crippen molar-refractivity contribution in [3.05, 3.63) is 24.5 Å². The molecule has 0 saturated heterocycles. The molecule has 0 heterocycles. The molecule has 0 aliphatic carbocycles. The number of esters is 1. The van der Waals surface area contributed by atoms with Gasteiger partial charge in [-0.3, -0.25) is 4.79 Å². The molecule has 0 atom stereocenters. The molecule has 0 saturated carbocycles. The van der Waals surface area contributed by atoms with Crippen LogP contribution in [0.4, 0.5) is 0 Å². The van der Waals surface area contributed by atoms with Crippen molar-refractivity contribution in [1.29, 1.82) is 0 Å². The molecule has 0 unspecified atom stereocenters. The van der Waals surface area contributed by atoms with E-state index in [1.807, 2.05) is 6.92 Å². The summed E-state index contributed by atoms with van der Waals surface area (Å²) in [6.07, 6.45) is 4.27. The Kier molecular flexibility index (Phi) is 19.8. The summed E-state index contributed by atoms with van der Waals surface area (Å²) in [7, 11) is 0. The quantitative estimate of drug-likeness (QED) is 0.197. The maximum Gasteiger partial charge on any atom is 0.381 e. The third-order valence-electron chi connectivity index (χ3n) is 1.32. The SMILES string of the molecule is C=COC(C)=O.CC=O.CCC=C(C)C(=O)OOC(C)=O. The molecular formula is C14H22O7. The summed E-state index contributed by atoms with van der Waals surface area (Å²) in [4.78, 5) is 47.8. The van der Waals surface area contributed by atoms with Crippen molar-refractivity contribution in [1.82, 2.24) is 0 Å². The topological polar surface area (TPSA) is 96.0 Å². The lowest BCUT2D eigenvalue weighted by molar-refractivity contribution is -0.253. The molecule has 0 rings (SSSR count). The van der Waals surface area contributed by atoms with E-state index in [1.54, 1.807) is 13.0 Å². The maximum atomic E-state index is 10.9. The molecule has 120 valence electrons. The van der Waals surface area contributed by atoms with Crippen LogP contribution in [0, 0.1) is 0 Å². The van der Waals surface area contributed by atoms with E-state index in [0.29, 0.717) is 5.57 Å². The number of allylic oxidation sites excluding steroid dienone is 1. The molecule has 0 N–H and O–H groups in total. The second kappa shape index (κ2) is 17.6. The van der Waals surface area contributed by atoms with Crippen LogP contribution in [0.3, 0.4) is 0 Å². The van der Waals surface area contributed by atoms with E-state index in [2.05, 4.69) is 21.1 Å². The number of carbonyl (C=O) groups is 4. The minimum absolute atomic E-state index is 0.329. The van der Waals surface area contributed by atoms with Crippen LogP contribution in [0.2, 0.25) is 0 Å². The Morgan fingerprint density at radius 1 is 1.05 bits per heavy atom. The van der Waals surface area contributed by atoms with E-state index in [0.717, 1.165) is 25.9 Å². The van der Waals surface area contributed by atoms with Crippen LogP contribution in [0.5, 0.6) is 0 Å². The van der Waals surface area contributed by atoms with Crippen LogP contribution >= 0.6 is 0 Å². The van der Waals surface area contributed by atoms with Gasteiger partial charge in [-0.1, -0.05) is 19.6 Å². The van der Waals surface area contributed by atoms with E-state index in [9.17, 15) is 14.4 Å². The largest absolute Gasteiger partial charge is 0.435 e. The minimum atomic E-state index is -0.646. The number of aldehydes is 1. The Balaban J connectivity index is -0.000000300. The minimum Gasteiger partial charge on any atom is -0.435 e. The average molecular weight is 302 g/mol. The number of rotatable bonds is 3. The molecule has 0 amide bonds. The molecule has 0 radical (unpaired) electrons. The van der Waals surface area contributed by atoms with Gasteiger partial charge in [-0.15, -0.1) is 0 Å². The molecule has 0 aliphatic rings. The Labute approximate surface area is 124 Å². The average Bonchev–Trinajstić information content (AvgIpc) is 2.37. The van der Waals surface area contributed by atoms with Gasteiger partial charge in [0.1, 0.15) is 6.29 Å². The standard InChI is InChI=1S/C8H12O4.C4H6O2.C2H4O/c1-4-5-6(2)8(10)12-11-7(3)9;1-3-6-4(2)5;1-2-3/h5H,4H2,1-3H3;3H,1H2,2H3;2H,1H3. The van der Waals surface area contributed by atoms with Gasteiger partial charge < -0.3 is 9.53 Å².